The Bertz CT molecular complexity index is 1220. The largest absolute Gasteiger partial charge is 0.444 e. The van der Waals surface area contributed by atoms with Gasteiger partial charge in [-0.2, -0.15) is 5.10 Å². The topological polar surface area (TPSA) is 76.5 Å². The van der Waals surface area contributed by atoms with Crippen molar-refractivity contribution in [2.75, 3.05) is 18.0 Å². The fraction of sp³-hybridized carbons (Fsp3) is 0.370. The molecule has 1 unspecified atom stereocenters. The van der Waals surface area contributed by atoms with Gasteiger partial charge in [-0.1, -0.05) is 49.4 Å². The van der Waals surface area contributed by atoms with Crippen molar-refractivity contribution in [1.82, 2.24) is 15.1 Å². The lowest BCUT2D eigenvalue weighted by atomic mass is 9.95. The molecule has 4 rings (SSSR count). The molecule has 0 aliphatic carbocycles. The van der Waals surface area contributed by atoms with Crippen molar-refractivity contribution in [2.24, 2.45) is 0 Å². The summed E-state index contributed by atoms with van der Waals surface area (Å²) in [5.41, 5.74) is 2.31. The molecule has 0 fully saturated rings. The molecule has 0 radical (unpaired) electrons. The molecular formula is C27H31FN4O3. The van der Waals surface area contributed by atoms with Gasteiger partial charge in [-0.3, -0.25) is 9.69 Å². The molecule has 0 saturated heterocycles. The van der Waals surface area contributed by atoms with Gasteiger partial charge >= 0.3 is 6.09 Å². The first kappa shape index (κ1) is 24.4. The molecule has 1 aliphatic rings. The smallest absolute Gasteiger partial charge is 0.408 e. The van der Waals surface area contributed by atoms with Crippen molar-refractivity contribution in [3.05, 3.63) is 71.7 Å². The number of alkyl carbamates (subject to hydrolysis) is 1. The zero-order valence-corrected chi connectivity index (χ0v) is 20.5. The van der Waals surface area contributed by atoms with Crippen molar-refractivity contribution in [2.45, 2.75) is 52.2 Å². The highest BCUT2D eigenvalue weighted by Crippen LogP contribution is 2.32. The minimum absolute atomic E-state index is 0.163. The van der Waals surface area contributed by atoms with Gasteiger partial charge in [0.2, 0.25) is 5.91 Å². The normalized spacial score (nSPS) is 14.3. The molecule has 2 heterocycles. The highest BCUT2D eigenvalue weighted by Gasteiger charge is 2.27. The van der Waals surface area contributed by atoms with Crippen LogP contribution < -0.4 is 10.2 Å². The van der Waals surface area contributed by atoms with E-state index in [-0.39, 0.29) is 24.2 Å². The molecule has 1 aliphatic heterocycles. The van der Waals surface area contributed by atoms with Gasteiger partial charge in [-0.05, 0) is 44.4 Å². The first-order chi connectivity index (χ1) is 16.6. The number of fused-ring (bicyclic) bond motifs is 1. The van der Waals surface area contributed by atoms with Crippen LogP contribution in [-0.4, -0.2) is 40.5 Å². The van der Waals surface area contributed by atoms with Gasteiger partial charge < -0.3 is 10.1 Å². The lowest BCUT2D eigenvalue weighted by Crippen LogP contribution is -2.44. The summed E-state index contributed by atoms with van der Waals surface area (Å²) in [6.45, 7) is 8.32. The first-order valence-corrected chi connectivity index (χ1v) is 11.8. The van der Waals surface area contributed by atoms with Gasteiger partial charge in [0.1, 0.15) is 23.8 Å². The van der Waals surface area contributed by atoms with Gasteiger partial charge in [0.05, 0.1) is 5.69 Å². The van der Waals surface area contributed by atoms with Gasteiger partial charge in [-0.15, -0.1) is 0 Å². The van der Waals surface area contributed by atoms with Crippen molar-refractivity contribution in [3.8, 4) is 11.1 Å². The highest BCUT2D eigenvalue weighted by molar-refractivity contribution is 5.95. The van der Waals surface area contributed by atoms with Crippen LogP contribution in [0.15, 0.2) is 54.6 Å². The van der Waals surface area contributed by atoms with E-state index in [2.05, 4.69) is 5.32 Å². The highest BCUT2D eigenvalue weighted by atomic mass is 19.1. The fourth-order valence-corrected chi connectivity index (χ4v) is 4.15. The van der Waals surface area contributed by atoms with E-state index in [1.54, 1.807) is 42.5 Å². The van der Waals surface area contributed by atoms with Crippen LogP contribution >= 0.6 is 0 Å². The number of carbonyl (C=O) groups excluding carboxylic acids is 2. The second kappa shape index (κ2) is 9.90. The zero-order valence-electron chi connectivity index (χ0n) is 20.5. The molecule has 1 atom stereocenters. The van der Waals surface area contributed by atoms with E-state index in [0.29, 0.717) is 24.5 Å². The molecule has 35 heavy (non-hydrogen) atoms. The summed E-state index contributed by atoms with van der Waals surface area (Å²) in [6.07, 6.45) is 0.118. The van der Waals surface area contributed by atoms with E-state index < -0.39 is 11.7 Å². The predicted molar refractivity (Wildman–Crippen MR) is 133 cm³/mol. The van der Waals surface area contributed by atoms with Crippen LogP contribution in [0.1, 0.15) is 51.3 Å². The lowest BCUT2D eigenvalue weighted by Gasteiger charge is -2.27. The second-order valence-electron chi connectivity index (χ2n) is 9.73. The standard InChI is InChI=1S/C27H31FN4O3/c1-18(20-11-12-21(22(28)15-20)19-9-6-5-7-10-19)23-16-24-31(13-8-14-32(24)30-23)25(33)17-29-26(34)35-27(2,3)4/h5-7,9-12,15-16,18H,8,13-14,17H2,1-4H3,(H,29,34). The van der Waals surface area contributed by atoms with E-state index in [1.807, 2.05) is 49.4 Å². The quantitative estimate of drug-likeness (QED) is 0.553. The number of anilines is 1. The van der Waals surface area contributed by atoms with Gasteiger partial charge in [0, 0.05) is 30.6 Å². The molecule has 0 bridgehead atoms. The monoisotopic (exact) mass is 478 g/mol. The lowest BCUT2D eigenvalue weighted by molar-refractivity contribution is -0.118. The molecule has 2 aromatic carbocycles. The van der Waals surface area contributed by atoms with Crippen LogP contribution in [0.3, 0.4) is 0 Å². The van der Waals surface area contributed by atoms with E-state index in [9.17, 15) is 14.0 Å². The molecule has 1 aromatic heterocycles. The number of hydrogen-bond acceptors (Lipinski definition) is 4. The number of amides is 2. The van der Waals surface area contributed by atoms with Crippen LogP contribution in [0.4, 0.5) is 15.0 Å². The predicted octanol–water partition coefficient (Wildman–Crippen LogP) is 5.10. The first-order valence-electron chi connectivity index (χ1n) is 11.8. The summed E-state index contributed by atoms with van der Waals surface area (Å²) < 4.78 is 21.9. The molecule has 184 valence electrons. The number of hydrogen-bond donors (Lipinski definition) is 1. The number of nitrogens with zero attached hydrogens (tertiary/aromatic N) is 3. The summed E-state index contributed by atoms with van der Waals surface area (Å²) in [5.74, 6) is -0.0107. The molecular weight excluding hydrogens is 447 g/mol. The van der Waals surface area contributed by atoms with Gasteiger partial charge in [0.25, 0.3) is 0 Å². The molecule has 7 nitrogen and oxygen atoms in total. The average Bonchev–Trinajstić information content (AvgIpc) is 3.26. The Hall–Kier alpha value is -3.68. The summed E-state index contributed by atoms with van der Waals surface area (Å²) in [6, 6.07) is 16.6. The Labute approximate surface area is 204 Å². The summed E-state index contributed by atoms with van der Waals surface area (Å²) in [5, 5.41) is 7.23. The third-order valence-electron chi connectivity index (χ3n) is 5.91. The number of nitrogens with one attached hydrogen (secondary N) is 1. The van der Waals surface area contributed by atoms with E-state index in [4.69, 9.17) is 9.84 Å². The number of aryl methyl sites for hydroxylation is 1. The Morgan fingerprint density at radius 2 is 1.86 bits per heavy atom. The van der Waals surface area contributed by atoms with Crippen LogP contribution in [0.25, 0.3) is 11.1 Å². The number of aromatic nitrogens is 2. The zero-order chi connectivity index (χ0) is 25.2. The van der Waals surface area contributed by atoms with Crippen molar-refractivity contribution in [3.63, 3.8) is 0 Å². The van der Waals surface area contributed by atoms with Crippen molar-refractivity contribution < 1.29 is 18.7 Å². The van der Waals surface area contributed by atoms with E-state index in [0.717, 1.165) is 23.2 Å². The van der Waals surface area contributed by atoms with Gasteiger partial charge in [0.15, 0.2) is 0 Å². The van der Waals surface area contributed by atoms with Crippen LogP contribution in [0.5, 0.6) is 0 Å². The van der Waals surface area contributed by atoms with Gasteiger partial charge in [-0.25, -0.2) is 13.9 Å². The van der Waals surface area contributed by atoms with Crippen LogP contribution in [0, 0.1) is 5.82 Å². The third-order valence-corrected chi connectivity index (χ3v) is 5.91. The molecule has 1 N–H and O–H groups in total. The summed E-state index contributed by atoms with van der Waals surface area (Å²) in [7, 11) is 0. The number of halogens is 1. The fourth-order valence-electron chi connectivity index (χ4n) is 4.15. The Morgan fingerprint density at radius 3 is 2.54 bits per heavy atom. The number of ether oxygens (including phenoxy) is 1. The Morgan fingerprint density at radius 1 is 1.11 bits per heavy atom. The molecule has 0 saturated carbocycles. The second-order valence-corrected chi connectivity index (χ2v) is 9.73. The average molecular weight is 479 g/mol. The number of rotatable bonds is 5. The minimum Gasteiger partial charge on any atom is -0.444 e. The Kier molecular flexibility index (Phi) is 6.91. The number of benzene rings is 2. The number of carbonyl (C=O) groups is 2. The van der Waals surface area contributed by atoms with Crippen molar-refractivity contribution >= 4 is 17.8 Å². The molecule has 0 spiro atoms. The SMILES string of the molecule is CC(c1ccc(-c2ccccc2)c(F)c1)c1cc2n(n1)CCCN2C(=O)CNC(=O)OC(C)(C)C. The summed E-state index contributed by atoms with van der Waals surface area (Å²) >= 11 is 0. The molecule has 2 amide bonds. The van der Waals surface area contributed by atoms with Crippen LogP contribution in [0.2, 0.25) is 0 Å². The Balaban J connectivity index is 1.49. The maximum absolute atomic E-state index is 14.9. The van der Waals surface area contributed by atoms with E-state index in [1.165, 1.54) is 0 Å². The maximum atomic E-state index is 14.9. The molecule has 8 heteroatoms. The van der Waals surface area contributed by atoms with E-state index >= 15 is 0 Å². The molecule has 3 aromatic rings. The van der Waals surface area contributed by atoms with Crippen molar-refractivity contribution in [1.29, 1.82) is 0 Å². The minimum atomic E-state index is -0.638. The third kappa shape index (κ3) is 5.70. The van der Waals surface area contributed by atoms with Crippen LogP contribution in [-0.2, 0) is 16.1 Å². The maximum Gasteiger partial charge on any atom is 0.408 e. The summed E-state index contributed by atoms with van der Waals surface area (Å²) in [4.78, 5) is 26.4.